The van der Waals surface area contributed by atoms with Gasteiger partial charge in [-0.2, -0.15) is 0 Å². The molecule has 108 valence electrons. The van der Waals surface area contributed by atoms with Gasteiger partial charge in [-0.15, -0.1) is 0 Å². The van der Waals surface area contributed by atoms with Crippen LogP contribution >= 0.6 is 35.4 Å². The molecule has 0 unspecified atom stereocenters. The summed E-state index contributed by atoms with van der Waals surface area (Å²) >= 11 is 16.7. The minimum atomic E-state index is -0.514. The zero-order chi connectivity index (χ0) is 15.4. The van der Waals surface area contributed by atoms with Gasteiger partial charge in [0.25, 0.3) is 5.91 Å². The Morgan fingerprint density at radius 2 is 1.76 bits per heavy atom. The summed E-state index contributed by atoms with van der Waals surface area (Å²) in [6.07, 6.45) is 0. The molecular weight excluding hydrogens is 334 g/mol. The van der Waals surface area contributed by atoms with Crippen molar-refractivity contribution in [3.63, 3.8) is 0 Å². The highest BCUT2D eigenvalue weighted by molar-refractivity contribution is 7.80. The normalized spacial score (nSPS) is 10.0. The van der Waals surface area contributed by atoms with E-state index in [1.54, 1.807) is 18.2 Å². The summed E-state index contributed by atoms with van der Waals surface area (Å²) in [4.78, 5) is 11.9. The first-order valence-electron chi connectivity index (χ1n) is 5.78. The van der Waals surface area contributed by atoms with Gasteiger partial charge in [0.05, 0.1) is 0 Å². The average molecular weight is 343 g/mol. The van der Waals surface area contributed by atoms with Crippen LogP contribution in [0.5, 0.6) is 0 Å². The summed E-state index contributed by atoms with van der Waals surface area (Å²) < 4.78 is 13.0. The first kappa shape index (κ1) is 15.7. The van der Waals surface area contributed by atoms with E-state index in [4.69, 9.17) is 35.4 Å². The molecule has 2 aromatic carbocycles. The van der Waals surface area contributed by atoms with Crippen molar-refractivity contribution < 1.29 is 9.18 Å². The van der Waals surface area contributed by atoms with Crippen LogP contribution in [0.4, 0.5) is 10.1 Å². The van der Waals surface area contributed by atoms with Crippen molar-refractivity contribution in [3.8, 4) is 0 Å². The predicted molar refractivity (Wildman–Crippen MR) is 86.5 cm³/mol. The maximum absolute atomic E-state index is 13.0. The Kier molecular flexibility index (Phi) is 5.12. The molecule has 1 amide bonds. The highest BCUT2D eigenvalue weighted by Gasteiger charge is 2.09. The van der Waals surface area contributed by atoms with Crippen molar-refractivity contribution in [2.75, 3.05) is 5.32 Å². The lowest BCUT2D eigenvalue weighted by molar-refractivity contribution is 0.0977. The first-order valence-corrected chi connectivity index (χ1v) is 6.94. The van der Waals surface area contributed by atoms with E-state index in [9.17, 15) is 9.18 Å². The van der Waals surface area contributed by atoms with Gasteiger partial charge in [-0.1, -0.05) is 29.3 Å². The molecular formula is C14H9Cl2FN2OS. The topological polar surface area (TPSA) is 41.1 Å². The first-order chi connectivity index (χ1) is 9.94. The zero-order valence-electron chi connectivity index (χ0n) is 10.5. The number of hydrogen-bond donors (Lipinski definition) is 2. The van der Waals surface area contributed by atoms with Gasteiger partial charge in [-0.3, -0.25) is 10.1 Å². The Labute approximate surface area is 136 Å². The Morgan fingerprint density at radius 1 is 1.10 bits per heavy atom. The third kappa shape index (κ3) is 4.67. The molecule has 0 heterocycles. The van der Waals surface area contributed by atoms with Crippen LogP contribution in [-0.4, -0.2) is 11.0 Å². The summed E-state index contributed by atoms with van der Waals surface area (Å²) in [5, 5.41) is 6.14. The number of nitrogens with one attached hydrogen (secondary N) is 2. The molecule has 0 spiro atoms. The van der Waals surface area contributed by atoms with Crippen molar-refractivity contribution in [1.82, 2.24) is 5.32 Å². The Hall–Kier alpha value is -1.69. The molecule has 0 saturated carbocycles. The number of amides is 1. The average Bonchev–Trinajstić information content (AvgIpc) is 2.37. The van der Waals surface area contributed by atoms with Gasteiger partial charge < -0.3 is 5.32 Å². The molecule has 0 fully saturated rings. The molecule has 7 heteroatoms. The van der Waals surface area contributed by atoms with E-state index in [1.165, 1.54) is 18.2 Å². The molecule has 0 aliphatic rings. The van der Waals surface area contributed by atoms with Crippen LogP contribution < -0.4 is 10.6 Å². The molecule has 2 rings (SSSR count). The van der Waals surface area contributed by atoms with Crippen LogP contribution in [0.25, 0.3) is 0 Å². The van der Waals surface area contributed by atoms with E-state index in [2.05, 4.69) is 10.6 Å². The summed E-state index contributed by atoms with van der Waals surface area (Å²) in [6.45, 7) is 0. The Morgan fingerprint density at radius 3 is 2.38 bits per heavy atom. The van der Waals surface area contributed by atoms with Gasteiger partial charge in [0.1, 0.15) is 5.82 Å². The van der Waals surface area contributed by atoms with Gasteiger partial charge >= 0.3 is 0 Å². The molecule has 0 radical (unpaired) electrons. The fourth-order valence-electron chi connectivity index (χ4n) is 1.59. The van der Waals surface area contributed by atoms with Crippen LogP contribution in [0.3, 0.4) is 0 Å². The molecule has 0 atom stereocenters. The third-order valence-electron chi connectivity index (χ3n) is 2.43. The summed E-state index contributed by atoms with van der Waals surface area (Å²) in [5.74, 6) is -1.01. The van der Waals surface area contributed by atoms with E-state index in [-0.39, 0.29) is 10.7 Å². The third-order valence-corrected chi connectivity index (χ3v) is 3.07. The number of thiocarbonyl (C=S) groups is 1. The van der Waals surface area contributed by atoms with Crippen molar-refractivity contribution in [2.45, 2.75) is 0 Å². The second kappa shape index (κ2) is 6.85. The molecule has 2 aromatic rings. The molecule has 0 bridgehead atoms. The van der Waals surface area contributed by atoms with Gasteiger partial charge in [-0.25, -0.2) is 4.39 Å². The number of hydrogen-bond acceptors (Lipinski definition) is 2. The van der Waals surface area contributed by atoms with Crippen LogP contribution in [0.1, 0.15) is 10.4 Å². The quantitative estimate of drug-likeness (QED) is 0.801. The Balaban J connectivity index is 2.03. The summed E-state index contributed by atoms with van der Waals surface area (Å²) in [6, 6.07) is 10.1. The van der Waals surface area contributed by atoms with Crippen LogP contribution in [0.2, 0.25) is 10.0 Å². The van der Waals surface area contributed by atoms with Crippen LogP contribution in [0, 0.1) is 5.82 Å². The summed E-state index contributed by atoms with van der Waals surface area (Å²) in [7, 11) is 0. The molecule has 0 saturated heterocycles. The molecule has 0 aromatic heterocycles. The second-order valence-corrected chi connectivity index (χ2v) is 5.36. The lowest BCUT2D eigenvalue weighted by Crippen LogP contribution is -2.34. The number of rotatable bonds is 2. The maximum atomic E-state index is 13.0. The van der Waals surface area contributed by atoms with E-state index in [1.807, 2.05) is 0 Å². The van der Waals surface area contributed by atoms with Gasteiger partial charge in [0.2, 0.25) is 0 Å². The number of benzene rings is 2. The number of carbonyl (C=O) groups excluding carboxylic acids is 1. The van der Waals surface area contributed by atoms with Gasteiger partial charge in [-0.05, 0) is 48.6 Å². The van der Waals surface area contributed by atoms with Crippen molar-refractivity contribution in [2.24, 2.45) is 0 Å². The zero-order valence-corrected chi connectivity index (χ0v) is 12.8. The Bertz CT molecular complexity index is 689. The smallest absolute Gasteiger partial charge is 0.257 e. The fraction of sp³-hybridized carbons (Fsp3) is 0. The monoisotopic (exact) mass is 342 g/mol. The minimum Gasteiger partial charge on any atom is -0.332 e. The van der Waals surface area contributed by atoms with Gasteiger partial charge in [0.15, 0.2) is 5.11 Å². The lowest BCUT2D eigenvalue weighted by Gasteiger charge is -2.10. The molecule has 21 heavy (non-hydrogen) atoms. The van der Waals surface area contributed by atoms with Crippen molar-refractivity contribution >= 4 is 52.1 Å². The molecule has 2 N–H and O–H groups in total. The predicted octanol–water partition coefficient (Wildman–Crippen LogP) is 4.26. The van der Waals surface area contributed by atoms with Crippen LogP contribution in [0.15, 0.2) is 42.5 Å². The molecule has 3 nitrogen and oxygen atoms in total. The highest BCUT2D eigenvalue weighted by Crippen LogP contribution is 2.22. The maximum Gasteiger partial charge on any atom is 0.257 e. The fourth-order valence-corrected chi connectivity index (χ4v) is 2.33. The minimum absolute atomic E-state index is 0.0580. The van der Waals surface area contributed by atoms with Gasteiger partial charge in [0, 0.05) is 21.3 Å². The van der Waals surface area contributed by atoms with Crippen LogP contribution in [-0.2, 0) is 0 Å². The van der Waals surface area contributed by atoms with Crippen molar-refractivity contribution in [1.29, 1.82) is 0 Å². The van der Waals surface area contributed by atoms with E-state index in [0.717, 1.165) is 6.07 Å². The van der Waals surface area contributed by atoms with E-state index in [0.29, 0.717) is 15.7 Å². The lowest BCUT2D eigenvalue weighted by atomic mass is 10.2. The number of halogens is 3. The van der Waals surface area contributed by atoms with E-state index < -0.39 is 11.7 Å². The standard InChI is InChI=1S/C14H9Cl2FN2OS/c15-9-5-10(16)7-12(6-9)18-14(21)19-13(20)8-2-1-3-11(17)4-8/h1-7H,(H2,18,19,20,21). The summed E-state index contributed by atoms with van der Waals surface area (Å²) in [5.41, 5.74) is 0.709. The van der Waals surface area contributed by atoms with E-state index >= 15 is 0 Å². The largest absolute Gasteiger partial charge is 0.332 e. The molecule has 0 aliphatic carbocycles. The second-order valence-electron chi connectivity index (χ2n) is 4.08. The number of anilines is 1. The van der Waals surface area contributed by atoms with Crippen molar-refractivity contribution in [3.05, 3.63) is 63.9 Å². The highest BCUT2D eigenvalue weighted by atomic mass is 35.5. The number of carbonyl (C=O) groups is 1. The SMILES string of the molecule is O=C(NC(=S)Nc1cc(Cl)cc(Cl)c1)c1cccc(F)c1. The molecule has 0 aliphatic heterocycles.